The molecule has 5 rings (SSSR count). The van der Waals surface area contributed by atoms with Crippen LogP contribution in [0.25, 0.3) is 17.4 Å². The zero-order valence-corrected chi connectivity index (χ0v) is 18.9. The van der Waals surface area contributed by atoms with E-state index < -0.39 is 0 Å². The summed E-state index contributed by atoms with van der Waals surface area (Å²) < 4.78 is 9.18. The molecular formula is C24H21N7O2S. The van der Waals surface area contributed by atoms with Crippen LogP contribution < -0.4 is 5.32 Å². The Morgan fingerprint density at radius 3 is 2.71 bits per heavy atom. The van der Waals surface area contributed by atoms with E-state index in [1.807, 2.05) is 71.4 Å². The highest BCUT2D eigenvalue weighted by atomic mass is 32.2. The van der Waals surface area contributed by atoms with E-state index in [-0.39, 0.29) is 11.7 Å². The standard InChI is InChI=1S/C24H21N7O2S/c32-22(26-15-19-9-11-25-21(14-19)31-12-5-10-27-31)17-34-24-29-28-23(20-8-4-13-33-20)30(24)16-18-6-2-1-3-7-18/h1-14H,15-17H2,(H,26,32). The van der Waals surface area contributed by atoms with Crippen molar-refractivity contribution in [1.82, 2.24) is 34.8 Å². The first kappa shape index (κ1) is 21.7. The van der Waals surface area contributed by atoms with Gasteiger partial charge in [-0.2, -0.15) is 5.10 Å². The molecule has 0 aliphatic rings. The molecule has 0 saturated heterocycles. The molecular weight excluding hydrogens is 450 g/mol. The molecule has 34 heavy (non-hydrogen) atoms. The molecule has 0 aliphatic heterocycles. The molecule has 0 spiro atoms. The minimum atomic E-state index is -0.101. The second kappa shape index (κ2) is 10.2. The number of carbonyl (C=O) groups is 1. The van der Waals surface area contributed by atoms with E-state index in [1.54, 1.807) is 23.3 Å². The molecule has 5 aromatic rings. The van der Waals surface area contributed by atoms with Crippen LogP contribution in [-0.2, 0) is 17.9 Å². The summed E-state index contributed by atoms with van der Waals surface area (Å²) in [6.45, 7) is 0.964. The van der Waals surface area contributed by atoms with E-state index in [4.69, 9.17) is 4.42 Å². The Morgan fingerprint density at radius 2 is 1.91 bits per heavy atom. The fraction of sp³-hybridized carbons (Fsp3) is 0.125. The maximum Gasteiger partial charge on any atom is 0.230 e. The molecule has 0 bridgehead atoms. The summed E-state index contributed by atoms with van der Waals surface area (Å²) in [4.78, 5) is 16.9. The van der Waals surface area contributed by atoms with Gasteiger partial charge in [-0.05, 0) is 41.5 Å². The van der Waals surface area contributed by atoms with Gasteiger partial charge in [0.2, 0.25) is 11.7 Å². The van der Waals surface area contributed by atoms with Gasteiger partial charge in [0.1, 0.15) is 0 Å². The second-order valence-electron chi connectivity index (χ2n) is 7.39. The lowest BCUT2D eigenvalue weighted by Crippen LogP contribution is -2.25. The number of carbonyl (C=O) groups excluding carboxylic acids is 1. The Labute approximate surface area is 199 Å². The molecule has 0 unspecified atom stereocenters. The lowest BCUT2D eigenvalue weighted by atomic mass is 10.2. The molecule has 0 radical (unpaired) electrons. The van der Waals surface area contributed by atoms with E-state index in [9.17, 15) is 4.79 Å². The molecule has 1 aromatic carbocycles. The number of hydrogen-bond acceptors (Lipinski definition) is 7. The number of rotatable bonds is 9. The topological polar surface area (TPSA) is 104 Å². The first-order valence-electron chi connectivity index (χ1n) is 10.6. The molecule has 0 atom stereocenters. The van der Waals surface area contributed by atoms with Crippen molar-refractivity contribution in [2.75, 3.05) is 5.75 Å². The van der Waals surface area contributed by atoms with Crippen molar-refractivity contribution >= 4 is 17.7 Å². The lowest BCUT2D eigenvalue weighted by molar-refractivity contribution is -0.118. The molecule has 10 heteroatoms. The molecule has 4 aromatic heterocycles. The largest absolute Gasteiger partial charge is 0.461 e. The number of amides is 1. The van der Waals surface area contributed by atoms with Crippen molar-refractivity contribution in [1.29, 1.82) is 0 Å². The van der Waals surface area contributed by atoms with Crippen LogP contribution in [0.3, 0.4) is 0 Å². The maximum absolute atomic E-state index is 12.6. The zero-order chi connectivity index (χ0) is 23.2. The van der Waals surface area contributed by atoms with Gasteiger partial charge in [-0.15, -0.1) is 10.2 Å². The van der Waals surface area contributed by atoms with Gasteiger partial charge in [0, 0.05) is 25.1 Å². The number of benzene rings is 1. The molecule has 170 valence electrons. The van der Waals surface area contributed by atoms with Crippen molar-refractivity contribution in [2.24, 2.45) is 0 Å². The fourth-order valence-corrected chi connectivity index (χ4v) is 4.14. The van der Waals surface area contributed by atoms with Crippen LogP contribution in [-0.4, -0.2) is 41.2 Å². The minimum Gasteiger partial charge on any atom is -0.461 e. The Bertz CT molecular complexity index is 1350. The summed E-state index contributed by atoms with van der Waals surface area (Å²) in [5.74, 6) is 2.06. The third-order valence-corrected chi connectivity index (χ3v) is 5.98. The van der Waals surface area contributed by atoms with Crippen LogP contribution in [0.4, 0.5) is 0 Å². The first-order valence-corrected chi connectivity index (χ1v) is 11.6. The number of hydrogen-bond donors (Lipinski definition) is 1. The van der Waals surface area contributed by atoms with E-state index in [2.05, 4.69) is 25.6 Å². The zero-order valence-electron chi connectivity index (χ0n) is 18.1. The van der Waals surface area contributed by atoms with Crippen molar-refractivity contribution < 1.29 is 9.21 Å². The molecule has 0 fully saturated rings. The number of nitrogens with zero attached hydrogens (tertiary/aromatic N) is 6. The van der Waals surface area contributed by atoms with E-state index in [1.165, 1.54) is 11.8 Å². The van der Waals surface area contributed by atoms with Gasteiger partial charge in [-0.3, -0.25) is 9.36 Å². The Hall–Kier alpha value is -4.18. The number of nitrogens with one attached hydrogen (secondary N) is 1. The quantitative estimate of drug-likeness (QED) is 0.328. The Balaban J connectivity index is 1.24. The number of pyridine rings is 1. The average Bonchev–Trinajstić information content (AvgIpc) is 3.65. The van der Waals surface area contributed by atoms with Crippen LogP contribution in [0.1, 0.15) is 11.1 Å². The molecule has 1 amide bonds. The molecule has 4 heterocycles. The van der Waals surface area contributed by atoms with Crippen LogP contribution in [0.2, 0.25) is 0 Å². The average molecular weight is 472 g/mol. The highest BCUT2D eigenvalue weighted by Crippen LogP contribution is 2.25. The van der Waals surface area contributed by atoms with Crippen LogP contribution in [0.15, 0.2) is 95.1 Å². The van der Waals surface area contributed by atoms with Crippen molar-refractivity contribution in [2.45, 2.75) is 18.2 Å². The number of furan rings is 1. The highest BCUT2D eigenvalue weighted by molar-refractivity contribution is 7.99. The molecule has 0 saturated carbocycles. The Morgan fingerprint density at radius 1 is 1.00 bits per heavy atom. The third kappa shape index (κ3) is 5.07. The van der Waals surface area contributed by atoms with E-state index in [0.717, 1.165) is 11.1 Å². The van der Waals surface area contributed by atoms with Crippen molar-refractivity contribution in [3.8, 4) is 17.4 Å². The van der Waals surface area contributed by atoms with Gasteiger partial charge < -0.3 is 9.73 Å². The SMILES string of the molecule is O=C(CSc1nnc(-c2ccco2)n1Cc1ccccc1)NCc1ccnc(-n2cccn2)c1. The predicted molar refractivity (Wildman–Crippen MR) is 127 cm³/mol. The summed E-state index contributed by atoms with van der Waals surface area (Å²) in [6.07, 6.45) is 6.83. The fourth-order valence-electron chi connectivity index (χ4n) is 3.37. The minimum absolute atomic E-state index is 0.101. The van der Waals surface area contributed by atoms with Crippen LogP contribution in [0.5, 0.6) is 0 Å². The number of thioether (sulfide) groups is 1. The van der Waals surface area contributed by atoms with E-state index in [0.29, 0.717) is 35.6 Å². The van der Waals surface area contributed by atoms with Crippen molar-refractivity contribution in [3.05, 3.63) is 96.6 Å². The smallest absolute Gasteiger partial charge is 0.230 e. The number of aromatic nitrogens is 6. The van der Waals surface area contributed by atoms with Gasteiger partial charge in [0.25, 0.3) is 0 Å². The summed E-state index contributed by atoms with van der Waals surface area (Å²) in [7, 11) is 0. The first-order chi connectivity index (χ1) is 16.8. The van der Waals surface area contributed by atoms with E-state index >= 15 is 0 Å². The van der Waals surface area contributed by atoms with Gasteiger partial charge in [-0.1, -0.05) is 42.1 Å². The van der Waals surface area contributed by atoms with Gasteiger partial charge in [0.05, 0.1) is 18.6 Å². The van der Waals surface area contributed by atoms with Gasteiger partial charge in [0.15, 0.2) is 16.7 Å². The molecule has 1 N–H and O–H groups in total. The molecule has 9 nitrogen and oxygen atoms in total. The maximum atomic E-state index is 12.6. The second-order valence-corrected chi connectivity index (χ2v) is 8.34. The van der Waals surface area contributed by atoms with Gasteiger partial charge >= 0.3 is 0 Å². The highest BCUT2D eigenvalue weighted by Gasteiger charge is 2.18. The van der Waals surface area contributed by atoms with Crippen LogP contribution >= 0.6 is 11.8 Å². The normalized spacial score (nSPS) is 10.9. The summed E-state index contributed by atoms with van der Waals surface area (Å²) in [6, 6.07) is 19.3. The van der Waals surface area contributed by atoms with Crippen molar-refractivity contribution in [3.63, 3.8) is 0 Å². The van der Waals surface area contributed by atoms with Crippen LogP contribution in [0, 0.1) is 0 Å². The summed E-state index contributed by atoms with van der Waals surface area (Å²) in [5.41, 5.74) is 2.04. The predicted octanol–water partition coefficient (Wildman–Crippen LogP) is 3.58. The Kier molecular flexibility index (Phi) is 6.48. The third-order valence-electron chi connectivity index (χ3n) is 5.01. The lowest BCUT2D eigenvalue weighted by Gasteiger charge is -2.10. The monoisotopic (exact) mass is 471 g/mol. The summed E-state index contributed by atoms with van der Waals surface area (Å²) in [5, 5.41) is 16.4. The molecule has 0 aliphatic carbocycles. The summed E-state index contributed by atoms with van der Waals surface area (Å²) >= 11 is 1.34. The van der Waals surface area contributed by atoms with Gasteiger partial charge in [-0.25, -0.2) is 9.67 Å².